The van der Waals surface area contributed by atoms with Crippen molar-refractivity contribution in [2.45, 2.75) is 19.3 Å². The highest BCUT2D eigenvalue weighted by Gasteiger charge is 2.27. The molecule has 0 spiro atoms. The van der Waals surface area contributed by atoms with Gasteiger partial charge in [0.1, 0.15) is 0 Å². The van der Waals surface area contributed by atoms with E-state index in [0.29, 0.717) is 32.4 Å². The molecule has 4 rings (SSSR count). The minimum absolute atomic E-state index is 0.0416. The summed E-state index contributed by atoms with van der Waals surface area (Å²) >= 11 is 0. The number of piperidine rings is 1. The molecule has 29 heavy (non-hydrogen) atoms. The fraction of sp³-hybridized carbons (Fsp3) is 0.250. The van der Waals surface area contributed by atoms with E-state index in [1.165, 1.54) is 0 Å². The van der Waals surface area contributed by atoms with E-state index in [2.05, 4.69) is 5.32 Å². The zero-order valence-corrected chi connectivity index (χ0v) is 16.3. The molecule has 1 N–H and O–H groups in total. The summed E-state index contributed by atoms with van der Waals surface area (Å²) < 4.78 is 2.04. The number of aromatic nitrogens is 1. The number of anilines is 1. The van der Waals surface area contributed by atoms with Crippen LogP contribution in [0.4, 0.5) is 5.69 Å². The van der Waals surface area contributed by atoms with Crippen molar-refractivity contribution in [2.24, 2.45) is 5.92 Å². The van der Waals surface area contributed by atoms with Gasteiger partial charge in [0.15, 0.2) is 0 Å². The lowest BCUT2D eigenvalue weighted by Crippen LogP contribution is -2.42. The van der Waals surface area contributed by atoms with Crippen LogP contribution in [-0.2, 0) is 16.0 Å². The Balaban J connectivity index is 1.27. The maximum Gasteiger partial charge on any atom is 0.227 e. The highest BCUT2D eigenvalue weighted by molar-refractivity contribution is 5.92. The maximum absolute atomic E-state index is 12.7. The summed E-state index contributed by atoms with van der Waals surface area (Å²) in [6.45, 7) is 1.26. The van der Waals surface area contributed by atoms with Crippen LogP contribution >= 0.6 is 0 Å². The van der Waals surface area contributed by atoms with Crippen molar-refractivity contribution in [2.75, 3.05) is 18.4 Å². The Labute approximate surface area is 171 Å². The van der Waals surface area contributed by atoms with E-state index < -0.39 is 0 Å². The minimum atomic E-state index is -0.0416. The highest BCUT2D eigenvalue weighted by atomic mass is 16.2. The molecule has 0 radical (unpaired) electrons. The van der Waals surface area contributed by atoms with Gasteiger partial charge in [0, 0.05) is 42.8 Å². The predicted octanol–water partition coefficient (Wildman–Crippen LogP) is 3.90. The Hall–Kier alpha value is -3.34. The molecule has 1 aliphatic heterocycles. The molecular formula is C24H25N3O2. The summed E-state index contributed by atoms with van der Waals surface area (Å²) in [4.78, 5) is 27.0. The molecule has 2 aromatic carbocycles. The molecule has 5 nitrogen and oxygen atoms in total. The fourth-order valence-corrected chi connectivity index (χ4v) is 3.74. The zero-order chi connectivity index (χ0) is 20.1. The smallest absolute Gasteiger partial charge is 0.227 e. The molecule has 2 amide bonds. The first kappa shape index (κ1) is 19.0. The molecule has 2 heterocycles. The Kier molecular flexibility index (Phi) is 5.75. The average molecular weight is 387 g/mol. The fourth-order valence-electron chi connectivity index (χ4n) is 3.74. The van der Waals surface area contributed by atoms with Gasteiger partial charge in [0.05, 0.1) is 6.42 Å². The van der Waals surface area contributed by atoms with Crippen LogP contribution in [0, 0.1) is 5.92 Å². The summed E-state index contributed by atoms with van der Waals surface area (Å²) in [6.07, 6.45) is 5.80. The van der Waals surface area contributed by atoms with E-state index in [1.54, 1.807) is 0 Å². The predicted molar refractivity (Wildman–Crippen MR) is 114 cm³/mol. The molecule has 0 aliphatic carbocycles. The van der Waals surface area contributed by atoms with Crippen LogP contribution in [-0.4, -0.2) is 34.4 Å². The van der Waals surface area contributed by atoms with E-state index in [1.807, 2.05) is 88.6 Å². The third kappa shape index (κ3) is 4.74. The number of hydrogen-bond acceptors (Lipinski definition) is 2. The van der Waals surface area contributed by atoms with Crippen LogP contribution in [0.1, 0.15) is 18.4 Å². The molecule has 0 unspecified atom stereocenters. The van der Waals surface area contributed by atoms with Crippen molar-refractivity contribution >= 4 is 17.5 Å². The minimum Gasteiger partial charge on any atom is -0.342 e. The second-order valence-electron chi connectivity index (χ2n) is 7.44. The number of rotatable bonds is 5. The number of carbonyl (C=O) groups is 2. The van der Waals surface area contributed by atoms with Crippen LogP contribution in [0.15, 0.2) is 79.1 Å². The molecule has 1 fully saturated rings. The second kappa shape index (κ2) is 8.78. The second-order valence-corrected chi connectivity index (χ2v) is 7.44. The summed E-state index contributed by atoms with van der Waals surface area (Å²) in [5, 5.41) is 2.97. The standard InChI is InChI=1S/C24H25N3O2/c28-23(18-19-8-10-22(11-9-19)26-14-4-5-15-26)27-16-12-20(13-17-27)24(29)25-21-6-2-1-3-7-21/h1-11,14-15,20H,12-13,16-18H2,(H,25,29). The van der Waals surface area contributed by atoms with Crippen LogP contribution in [0.3, 0.4) is 0 Å². The summed E-state index contributed by atoms with van der Waals surface area (Å²) in [6, 6.07) is 21.6. The molecule has 1 saturated heterocycles. The Morgan fingerprint density at radius 1 is 0.862 bits per heavy atom. The van der Waals surface area contributed by atoms with Gasteiger partial charge in [-0.25, -0.2) is 0 Å². The molecular weight excluding hydrogens is 362 g/mol. The maximum atomic E-state index is 12.7. The topological polar surface area (TPSA) is 54.3 Å². The number of para-hydroxylation sites is 1. The van der Waals surface area contributed by atoms with E-state index in [-0.39, 0.29) is 17.7 Å². The summed E-state index contributed by atoms with van der Waals surface area (Å²) in [7, 11) is 0. The van der Waals surface area contributed by atoms with Gasteiger partial charge in [0.2, 0.25) is 11.8 Å². The van der Waals surface area contributed by atoms with Crippen LogP contribution in [0.25, 0.3) is 5.69 Å². The molecule has 0 saturated carbocycles. The van der Waals surface area contributed by atoms with Crippen LogP contribution in [0.2, 0.25) is 0 Å². The van der Waals surface area contributed by atoms with Gasteiger partial charge in [-0.05, 0) is 54.8 Å². The molecule has 1 aromatic heterocycles. The highest BCUT2D eigenvalue weighted by Crippen LogP contribution is 2.20. The Morgan fingerprint density at radius 3 is 2.17 bits per heavy atom. The van der Waals surface area contributed by atoms with Crippen molar-refractivity contribution in [1.29, 1.82) is 0 Å². The van der Waals surface area contributed by atoms with Gasteiger partial charge in [0.25, 0.3) is 0 Å². The van der Waals surface area contributed by atoms with Crippen molar-refractivity contribution in [3.63, 3.8) is 0 Å². The quantitative estimate of drug-likeness (QED) is 0.722. The number of carbonyl (C=O) groups excluding carboxylic acids is 2. The summed E-state index contributed by atoms with van der Waals surface area (Å²) in [5.74, 6) is 0.129. The number of nitrogens with zero attached hydrogens (tertiary/aromatic N) is 2. The van der Waals surface area contributed by atoms with Gasteiger partial charge in [-0.15, -0.1) is 0 Å². The number of benzene rings is 2. The zero-order valence-electron chi connectivity index (χ0n) is 16.3. The van der Waals surface area contributed by atoms with E-state index in [9.17, 15) is 9.59 Å². The van der Waals surface area contributed by atoms with Crippen molar-refractivity contribution in [3.05, 3.63) is 84.7 Å². The lowest BCUT2D eigenvalue weighted by atomic mass is 9.95. The Morgan fingerprint density at radius 2 is 1.52 bits per heavy atom. The Bertz CT molecular complexity index is 942. The lowest BCUT2D eigenvalue weighted by molar-refractivity contribution is -0.133. The van der Waals surface area contributed by atoms with Crippen LogP contribution < -0.4 is 5.32 Å². The normalized spacial score (nSPS) is 14.6. The van der Waals surface area contributed by atoms with E-state index in [4.69, 9.17) is 0 Å². The van der Waals surface area contributed by atoms with Crippen molar-refractivity contribution in [3.8, 4) is 5.69 Å². The number of hydrogen-bond donors (Lipinski definition) is 1. The third-order valence-electron chi connectivity index (χ3n) is 5.45. The van der Waals surface area contributed by atoms with Gasteiger partial charge in [-0.2, -0.15) is 0 Å². The van der Waals surface area contributed by atoms with Crippen molar-refractivity contribution in [1.82, 2.24) is 9.47 Å². The van der Waals surface area contributed by atoms with Gasteiger partial charge < -0.3 is 14.8 Å². The van der Waals surface area contributed by atoms with E-state index in [0.717, 1.165) is 16.9 Å². The third-order valence-corrected chi connectivity index (χ3v) is 5.45. The van der Waals surface area contributed by atoms with E-state index >= 15 is 0 Å². The molecule has 0 atom stereocenters. The lowest BCUT2D eigenvalue weighted by Gasteiger charge is -2.31. The van der Waals surface area contributed by atoms with Crippen LogP contribution in [0.5, 0.6) is 0 Å². The first-order chi connectivity index (χ1) is 14.2. The average Bonchev–Trinajstić information content (AvgIpc) is 3.30. The largest absolute Gasteiger partial charge is 0.342 e. The number of nitrogens with one attached hydrogen (secondary N) is 1. The summed E-state index contributed by atoms with van der Waals surface area (Å²) in [5.41, 5.74) is 2.91. The van der Waals surface area contributed by atoms with Crippen molar-refractivity contribution < 1.29 is 9.59 Å². The van der Waals surface area contributed by atoms with Gasteiger partial charge in [-0.1, -0.05) is 30.3 Å². The molecule has 148 valence electrons. The molecule has 5 heteroatoms. The monoisotopic (exact) mass is 387 g/mol. The number of amides is 2. The molecule has 0 bridgehead atoms. The molecule has 1 aliphatic rings. The first-order valence-electron chi connectivity index (χ1n) is 10.0. The number of likely N-dealkylation sites (tertiary alicyclic amines) is 1. The van der Waals surface area contributed by atoms with Gasteiger partial charge >= 0.3 is 0 Å². The van der Waals surface area contributed by atoms with Gasteiger partial charge in [-0.3, -0.25) is 9.59 Å². The molecule has 3 aromatic rings. The SMILES string of the molecule is O=C(Nc1ccccc1)C1CCN(C(=O)Cc2ccc(-n3cccc3)cc2)CC1. The first-order valence-corrected chi connectivity index (χ1v) is 10.0.